The molecule has 0 amide bonds. The molecule has 0 radical (unpaired) electrons. The zero-order chi connectivity index (χ0) is 13.5. The summed E-state index contributed by atoms with van der Waals surface area (Å²) in [4.78, 5) is 8.41. The van der Waals surface area contributed by atoms with E-state index in [-0.39, 0.29) is 0 Å². The van der Waals surface area contributed by atoms with Crippen LogP contribution < -0.4 is 15.8 Å². The topological polar surface area (TPSA) is 73.1 Å². The summed E-state index contributed by atoms with van der Waals surface area (Å²) < 4.78 is 5.46. The maximum atomic E-state index is 5.64. The second-order valence-electron chi connectivity index (χ2n) is 4.66. The van der Waals surface area contributed by atoms with Gasteiger partial charge in [0.05, 0.1) is 12.2 Å². The van der Waals surface area contributed by atoms with E-state index in [9.17, 15) is 0 Å². The van der Waals surface area contributed by atoms with E-state index in [4.69, 9.17) is 10.5 Å². The van der Waals surface area contributed by atoms with Gasteiger partial charge in [0.15, 0.2) is 0 Å². The molecular formula is C13H24N4O. The van der Waals surface area contributed by atoms with E-state index in [1.54, 1.807) is 0 Å². The van der Waals surface area contributed by atoms with E-state index in [1.165, 1.54) is 6.33 Å². The van der Waals surface area contributed by atoms with E-state index < -0.39 is 0 Å². The number of anilines is 1. The Bertz CT molecular complexity index is 368. The second kappa shape index (κ2) is 7.16. The molecule has 0 saturated heterocycles. The Hall–Kier alpha value is -1.36. The van der Waals surface area contributed by atoms with Crippen molar-refractivity contribution in [1.29, 1.82) is 0 Å². The summed E-state index contributed by atoms with van der Waals surface area (Å²) in [6.07, 6.45) is 2.45. The number of nitrogens with one attached hydrogen (secondary N) is 1. The molecule has 0 aliphatic heterocycles. The van der Waals surface area contributed by atoms with Crippen molar-refractivity contribution in [2.75, 3.05) is 18.5 Å². The van der Waals surface area contributed by atoms with Crippen molar-refractivity contribution in [3.63, 3.8) is 0 Å². The minimum absolute atomic E-state index is 0.318. The summed E-state index contributed by atoms with van der Waals surface area (Å²) >= 11 is 0. The maximum absolute atomic E-state index is 5.64. The summed E-state index contributed by atoms with van der Waals surface area (Å²) in [5.74, 6) is 1.98. The molecule has 0 aromatic carbocycles. The Kier molecular flexibility index (Phi) is 5.85. The lowest BCUT2D eigenvalue weighted by atomic mass is 10.0. The number of nitrogens with two attached hydrogens (primary N) is 1. The fourth-order valence-electron chi connectivity index (χ4n) is 1.79. The number of aromatic nitrogens is 2. The van der Waals surface area contributed by atoms with Gasteiger partial charge >= 0.3 is 0 Å². The Labute approximate surface area is 109 Å². The molecule has 0 aliphatic carbocycles. The molecule has 0 saturated carbocycles. The van der Waals surface area contributed by atoms with Gasteiger partial charge in [-0.15, -0.1) is 0 Å². The smallest absolute Gasteiger partial charge is 0.221 e. The first-order chi connectivity index (χ1) is 8.60. The Balaban J connectivity index is 2.85. The number of rotatable bonds is 7. The summed E-state index contributed by atoms with van der Waals surface area (Å²) in [7, 11) is 0. The van der Waals surface area contributed by atoms with Crippen molar-refractivity contribution in [2.45, 2.75) is 40.2 Å². The Morgan fingerprint density at radius 3 is 2.67 bits per heavy atom. The van der Waals surface area contributed by atoms with Crippen LogP contribution in [0.4, 0.5) is 5.82 Å². The van der Waals surface area contributed by atoms with Crippen molar-refractivity contribution in [3.05, 3.63) is 11.9 Å². The van der Waals surface area contributed by atoms with Crippen molar-refractivity contribution in [3.8, 4) is 5.88 Å². The first-order valence-corrected chi connectivity index (χ1v) is 6.51. The van der Waals surface area contributed by atoms with Crippen LogP contribution in [0, 0.1) is 12.8 Å². The molecule has 0 aliphatic rings. The number of hydrogen-bond donors (Lipinski definition) is 2. The molecule has 1 aromatic rings. The van der Waals surface area contributed by atoms with Gasteiger partial charge in [-0.25, -0.2) is 9.97 Å². The minimum Gasteiger partial charge on any atom is -0.478 e. The molecule has 3 N–H and O–H groups in total. The van der Waals surface area contributed by atoms with Crippen LogP contribution in [0.15, 0.2) is 6.33 Å². The quantitative estimate of drug-likeness (QED) is 0.776. The first-order valence-electron chi connectivity index (χ1n) is 6.51. The predicted octanol–water partition coefficient (Wildman–Crippen LogP) is 1.97. The average Bonchev–Trinajstić information content (AvgIpc) is 2.33. The zero-order valence-corrected chi connectivity index (χ0v) is 11.7. The highest BCUT2D eigenvalue weighted by atomic mass is 16.5. The van der Waals surface area contributed by atoms with E-state index in [0.29, 0.717) is 31.0 Å². The molecule has 1 rings (SSSR count). The van der Waals surface area contributed by atoms with E-state index in [1.807, 2.05) is 13.8 Å². The average molecular weight is 252 g/mol. The number of ether oxygens (including phenoxy) is 1. The first kappa shape index (κ1) is 14.7. The van der Waals surface area contributed by atoms with Crippen LogP contribution >= 0.6 is 0 Å². The van der Waals surface area contributed by atoms with Gasteiger partial charge < -0.3 is 15.8 Å². The highest BCUT2D eigenvalue weighted by molar-refractivity contribution is 5.48. The van der Waals surface area contributed by atoms with Gasteiger partial charge in [-0.05, 0) is 32.7 Å². The van der Waals surface area contributed by atoms with Crippen LogP contribution in [0.5, 0.6) is 5.88 Å². The molecule has 1 aromatic heterocycles. The normalized spacial score (nSPS) is 12.6. The third-order valence-corrected chi connectivity index (χ3v) is 2.92. The summed E-state index contributed by atoms with van der Waals surface area (Å²) in [6, 6.07) is 0.318. The highest BCUT2D eigenvalue weighted by Crippen LogP contribution is 2.22. The van der Waals surface area contributed by atoms with Gasteiger partial charge in [-0.3, -0.25) is 0 Å². The lowest BCUT2D eigenvalue weighted by molar-refractivity contribution is 0.323. The Morgan fingerprint density at radius 1 is 1.39 bits per heavy atom. The molecule has 5 heteroatoms. The molecule has 102 valence electrons. The van der Waals surface area contributed by atoms with Crippen LogP contribution in [0.25, 0.3) is 0 Å². The molecule has 0 spiro atoms. The number of hydrogen-bond acceptors (Lipinski definition) is 5. The SMILES string of the molecule is CCOc1ncnc(NC(CCN)C(C)C)c1C. The van der Waals surface area contributed by atoms with Crippen molar-refractivity contribution >= 4 is 5.82 Å². The molecule has 0 bridgehead atoms. The minimum atomic E-state index is 0.318. The summed E-state index contributed by atoms with van der Waals surface area (Å²) in [5, 5.41) is 3.44. The van der Waals surface area contributed by atoms with E-state index >= 15 is 0 Å². The van der Waals surface area contributed by atoms with Gasteiger partial charge in [0, 0.05) is 6.04 Å². The van der Waals surface area contributed by atoms with Gasteiger partial charge in [0.2, 0.25) is 5.88 Å². The lowest BCUT2D eigenvalue weighted by Crippen LogP contribution is -2.29. The van der Waals surface area contributed by atoms with Gasteiger partial charge in [-0.2, -0.15) is 0 Å². The summed E-state index contributed by atoms with van der Waals surface area (Å²) in [6.45, 7) is 9.53. The second-order valence-corrected chi connectivity index (χ2v) is 4.66. The molecule has 1 atom stereocenters. The third kappa shape index (κ3) is 3.84. The molecule has 1 unspecified atom stereocenters. The molecular weight excluding hydrogens is 228 g/mol. The fourth-order valence-corrected chi connectivity index (χ4v) is 1.79. The predicted molar refractivity (Wildman–Crippen MR) is 73.9 cm³/mol. The molecule has 18 heavy (non-hydrogen) atoms. The lowest BCUT2D eigenvalue weighted by Gasteiger charge is -2.23. The zero-order valence-electron chi connectivity index (χ0n) is 11.7. The standard InChI is InChI=1S/C13H24N4O/c1-5-18-13-10(4)12(15-8-16-13)17-11(6-7-14)9(2)3/h8-9,11H,5-7,14H2,1-4H3,(H,15,16,17). The Morgan fingerprint density at radius 2 is 2.11 bits per heavy atom. The van der Waals surface area contributed by atoms with Crippen LogP contribution in [-0.2, 0) is 0 Å². The van der Waals surface area contributed by atoms with Crippen LogP contribution in [0.2, 0.25) is 0 Å². The fraction of sp³-hybridized carbons (Fsp3) is 0.692. The number of nitrogens with zero attached hydrogens (tertiary/aromatic N) is 2. The van der Waals surface area contributed by atoms with Crippen LogP contribution in [-0.4, -0.2) is 29.2 Å². The monoisotopic (exact) mass is 252 g/mol. The van der Waals surface area contributed by atoms with Crippen molar-refractivity contribution in [1.82, 2.24) is 9.97 Å². The van der Waals surface area contributed by atoms with Gasteiger partial charge in [-0.1, -0.05) is 13.8 Å². The maximum Gasteiger partial charge on any atom is 0.221 e. The molecule has 5 nitrogen and oxygen atoms in total. The van der Waals surface area contributed by atoms with E-state index in [0.717, 1.165) is 17.8 Å². The summed E-state index contributed by atoms with van der Waals surface area (Å²) in [5.41, 5.74) is 6.59. The van der Waals surface area contributed by atoms with Crippen LogP contribution in [0.1, 0.15) is 32.8 Å². The van der Waals surface area contributed by atoms with Crippen LogP contribution in [0.3, 0.4) is 0 Å². The van der Waals surface area contributed by atoms with Crippen molar-refractivity contribution < 1.29 is 4.74 Å². The van der Waals surface area contributed by atoms with Gasteiger partial charge in [0.1, 0.15) is 12.1 Å². The van der Waals surface area contributed by atoms with Crippen molar-refractivity contribution in [2.24, 2.45) is 11.7 Å². The van der Waals surface area contributed by atoms with Gasteiger partial charge in [0.25, 0.3) is 0 Å². The molecule has 1 heterocycles. The molecule has 0 fully saturated rings. The third-order valence-electron chi connectivity index (χ3n) is 2.92. The largest absolute Gasteiger partial charge is 0.478 e. The highest BCUT2D eigenvalue weighted by Gasteiger charge is 2.15. The van der Waals surface area contributed by atoms with E-state index in [2.05, 4.69) is 29.1 Å².